The molecule has 0 fully saturated rings. The number of aromatic amines is 1. The van der Waals surface area contributed by atoms with Crippen LogP contribution in [0.25, 0.3) is 22.3 Å². The summed E-state index contributed by atoms with van der Waals surface area (Å²) in [4.78, 5) is 20.0. The van der Waals surface area contributed by atoms with E-state index in [4.69, 9.17) is 9.47 Å². The Hall–Kier alpha value is -2.82. The molecule has 3 aromatic rings. The summed E-state index contributed by atoms with van der Waals surface area (Å²) in [6, 6.07) is 11.0. The molecule has 0 radical (unpaired) electrons. The Bertz CT molecular complexity index is 810. The number of benzene rings is 1. The predicted octanol–water partition coefficient (Wildman–Crippen LogP) is 3.42. The van der Waals surface area contributed by atoms with Crippen molar-refractivity contribution in [2.45, 2.75) is 6.92 Å². The van der Waals surface area contributed by atoms with E-state index in [0.717, 1.165) is 11.2 Å². The van der Waals surface area contributed by atoms with E-state index in [1.807, 2.05) is 30.5 Å². The fraction of sp³-hybridized carbons (Fsp3) is 0.176. The molecule has 22 heavy (non-hydrogen) atoms. The zero-order valence-electron chi connectivity index (χ0n) is 12.4. The number of ether oxygens (including phenoxy) is 2. The molecule has 0 unspecified atom stereocenters. The van der Waals surface area contributed by atoms with Crippen molar-refractivity contribution in [2.75, 3.05) is 13.7 Å². The normalized spacial score (nSPS) is 10.6. The summed E-state index contributed by atoms with van der Waals surface area (Å²) in [5, 5.41) is 0.716. The average Bonchev–Trinajstić information content (AvgIpc) is 3.08. The molecule has 5 heteroatoms. The van der Waals surface area contributed by atoms with Gasteiger partial charge in [-0.15, -0.1) is 0 Å². The minimum Gasteiger partial charge on any atom is -0.497 e. The summed E-state index contributed by atoms with van der Waals surface area (Å²) < 4.78 is 10.4. The number of carbonyl (C=O) groups excluding carboxylic acids is 1. The number of methoxy groups -OCH3 is 1. The minimum absolute atomic E-state index is 0.324. The standard InChI is InChI=1S/C17H16N2O3/c1-3-22-17(20)13-10-16(15-5-4-8-18-15)19-14-7-6-11(21-2)9-12(13)14/h4-10,18H,3H2,1-2H3. The highest BCUT2D eigenvalue weighted by molar-refractivity contribution is 6.05. The van der Waals surface area contributed by atoms with Crippen LogP contribution in [-0.4, -0.2) is 29.7 Å². The molecule has 0 spiro atoms. The van der Waals surface area contributed by atoms with Crippen molar-refractivity contribution in [1.82, 2.24) is 9.97 Å². The van der Waals surface area contributed by atoms with E-state index < -0.39 is 0 Å². The molecule has 0 bridgehead atoms. The molecule has 0 saturated carbocycles. The van der Waals surface area contributed by atoms with Gasteiger partial charge < -0.3 is 14.5 Å². The topological polar surface area (TPSA) is 64.2 Å². The maximum Gasteiger partial charge on any atom is 0.338 e. The Morgan fingerprint density at radius 1 is 1.27 bits per heavy atom. The second-order valence-corrected chi connectivity index (χ2v) is 4.74. The van der Waals surface area contributed by atoms with Gasteiger partial charge in [-0.25, -0.2) is 9.78 Å². The molecule has 2 heterocycles. The van der Waals surface area contributed by atoms with Crippen LogP contribution >= 0.6 is 0 Å². The van der Waals surface area contributed by atoms with Crippen LogP contribution in [0.15, 0.2) is 42.6 Å². The summed E-state index contributed by atoms with van der Waals surface area (Å²) in [6.45, 7) is 2.11. The highest BCUT2D eigenvalue weighted by atomic mass is 16.5. The van der Waals surface area contributed by atoms with Crippen molar-refractivity contribution in [3.8, 4) is 17.1 Å². The highest BCUT2D eigenvalue weighted by Crippen LogP contribution is 2.27. The van der Waals surface area contributed by atoms with Crippen LogP contribution in [0.5, 0.6) is 5.75 Å². The van der Waals surface area contributed by atoms with E-state index in [0.29, 0.717) is 29.0 Å². The van der Waals surface area contributed by atoms with Gasteiger partial charge in [0.25, 0.3) is 0 Å². The summed E-state index contributed by atoms with van der Waals surface area (Å²) in [5.41, 5.74) is 2.75. The molecule has 0 atom stereocenters. The quantitative estimate of drug-likeness (QED) is 0.749. The van der Waals surface area contributed by atoms with Gasteiger partial charge in [-0.1, -0.05) is 0 Å². The molecule has 5 nitrogen and oxygen atoms in total. The number of pyridine rings is 1. The number of nitrogens with one attached hydrogen (secondary N) is 1. The van der Waals surface area contributed by atoms with Crippen molar-refractivity contribution >= 4 is 16.9 Å². The van der Waals surface area contributed by atoms with Crippen molar-refractivity contribution in [3.63, 3.8) is 0 Å². The first-order valence-electron chi connectivity index (χ1n) is 7.02. The maximum absolute atomic E-state index is 12.3. The lowest BCUT2D eigenvalue weighted by Gasteiger charge is -2.10. The molecular weight excluding hydrogens is 280 g/mol. The molecule has 0 aliphatic heterocycles. The van der Waals surface area contributed by atoms with Gasteiger partial charge in [-0.3, -0.25) is 0 Å². The first-order chi connectivity index (χ1) is 10.7. The second-order valence-electron chi connectivity index (χ2n) is 4.74. The molecule has 2 aromatic heterocycles. The first kappa shape index (κ1) is 14.1. The molecular formula is C17H16N2O3. The lowest BCUT2D eigenvalue weighted by atomic mass is 10.1. The Kier molecular flexibility index (Phi) is 3.78. The van der Waals surface area contributed by atoms with E-state index in [9.17, 15) is 4.79 Å². The third-order valence-corrected chi connectivity index (χ3v) is 3.39. The van der Waals surface area contributed by atoms with Crippen molar-refractivity contribution < 1.29 is 14.3 Å². The first-order valence-corrected chi connectivity index (χ1v) is 7.02. The average molecular weight is 296 g/mol. The number of H-pyrrole nitrogens is 1. The predicted molar refractivity (Wildman–Crippen MR) is 84.0 cm³/mol. The lowest BCUT2D eigenvalue weighted by molar-refractivity contribution is 0.0528. The molecule has 3 rings (SSSR count). The van der Waals surface area contributed by atoms with Crippen LogP contribution in [-0.2, 0) is 4.74 Å². The second kappa shape index (κ2) is 5.89. The Morgan fingerprint density at radius 2 is 2.14 bits per heavy atom. The fourth-order valence-corrected chi connectivity index (χ4v) is 2.34. The Balaban J connectivity index is 2.24. The summed E-state index contributed by atoms with van der Waals surface area (Å²) >= 11 is 0. The zero-order valence-corrected chi connectivity index (χ0v) is 12.4. The third-order valence-electron chi connectivity index (χ3n) is 3.39. The minimum atomic E-state index is -0.365. The number of carbonyl (C=O) groups is 1. The lowest BCUT2D eigenvalue weighted by Crippen LogP contribution is -2.06. The molecule has 0 aliphatic rings. The highest BCUT2D eigenvalue weighted by Gasteiger charge is 2.16. The van der Waals surface area contributed by atoms with Gasteiger partial charge in [-0.2, -0.15) is 0 Å². The Morgan fingerprint density at radius 3 is 2.82 bits per heavy atom. The maximum atomic E-state index is 12.3. The molecule has 1 N–H and O–H groups in total. The van der Waals surface area contributed by atoms with Crippen LogP contribution in [0.4, 0.5) is 0 Å². The van der Waals surface area contributed by atoms with E-state index in [1.54, 1.807) is 26.2 Å². The summed E-state index contributed by atoms with van der Waals surface area (Å²) in [7, 11) is 1.59. The van der Waals surface area contributed by atoms with Gasteiger partial charge >= 0.3 is 5.97 Å². The summed E-state index contributed by atoms with van der Waals surface area (Å²) in [6.07, 6.45) is 1.82. The van der Waals surface area contributed by atoms with Gasteiger partial charge in [-0.05, 0) is 43.3 Å². The van der Waals surface area contributed by atoms with Crippen LogP contribution in [0.3, 0.4) is 0 Å². The summed E-state index contributed by atoms with van der Waals surface area (Å²) in [5.74, 6) is 0.309. The van der Waals surface area contributed by atoms with Crippen LogP contribution in [0.2, 0.25) is 0 Å². The van der Waals surface area contributed by atoms with Crippen molar-refractivity contribution in [3.05, 3.63) is 48.2 Å². The molecule has 0 aliphatic carbocycles. The van der Waals surface area contributed by atoms with E-state index in [1.165, 1.54) is 0 Å². The van der Waals surface area contributed by atoms with Gasteiger partial charge in [0, 0.05) is 11.6 Å². The van der Waals surface area contributed by atoms with Crippen LogP contribution in [0, 0.1) is 0 Å². The smallest absolute Gasteiger partial charge is 0.338 e. The zero-order chi connectivity index (χ0) is 15.5. The van der Waals surface area contributed by atoms with E-state index >= 15 is 0 Å². The molecule has 112 valence electrons. The number of fused-ring (bicyclic) bond motifs is 1. The molecule has 1 aromatic carbocycles. The van der Waals surface area contributed by atoms with Gasteiger partial charge in [0.05, 0.1) is 36.2 Å². The van der Waals surface area contributed by atoms with Crippen molar-refractivity contribution in [2.24, 2.45) is 0 Å². The number of esters is 1. The van der Waals surface area contributed by atoms with E-state index in [2.05, 4.69) is 9.97 Å². The Labute approximate surface area is 127 Å². The number of aromatic nitrogens is 2. The molecule has 0 amide bonds. The monoisotopic (exact) mass is 296 g/mol. The fourth-order valence-electron chi connectivity index (χ4n) is 2.34. The third kappa shape index (κ3) is 2.53. The number of hydrogen-bond acceptors (Lipinski definition) is 4. The number of hydrogen-bond donors (Lipinski definition) is 1. The van der Waals surface area contributed by atoms with Crippen LogP contribution < -0.4 is 4.74 Å². The van der Waals surface area contributed by atoms with Gasteiger partial charge in [0.1, 0.15) is 5.75 Å². The molecule has 0 saturated heterocycles. The van der Waals surface area contributed by atoms with Crippen molar-refractivity contribution in [1.29, 1.82) is 0 Å². The van der Waals surface area contributed by atoms with Gasteiger partial charge in [0.2, 0.25) is 0 Å². The number of rotatable bonds is 4. The van der Waals surface area contributed by atoms with Gasteiger partial charge in [0.15, 0.2) is 0 Å². The largest absolute Gasteiger partial charge is 0.497 e. The number of nitrogens with zero attached hydrogens (tertiary/aromatic N) is 1. The van der Waals surface area contributed by atoms with Crippen LogP contribution in [0.1, 0.15) is 17.3 Å². The SMILES string of the molecule is CCOC(=O)c1cc(-c2ccc[nH]2)nc2ccc(OC)cc12. The van der Waals surface area contributed by atoms with E-state index in [-0.39, 0.29) is 5.97 Å².